The molecular weight excluding hydrogens is 402 g/mol. The normalized spacial score (nSPS) is 15.3. The largest absolute Gasteiger partial charge is 0.345 e. The van der Waals surface area contributed by atoms with Gasteiger partial charge in [0.2, 0.25) is 0 Å². The van der Waals surface area contributed by atoms with Gasteiger partial charge < -0.3 is 9.88 Å². The second-order valence-electron chi connectivity index (χ2n) is 8.40. The molecule has 7 heteroatoms. The Morgan fingerprint density at radius 2 is 1.84 bits per heavy atom. The highest BCUT2D eigenvalue weighted by atomic mass is 16.2. The molecule has 1 saturated carbocycles. The summed E-state index contributed by atoms with van der Waals surface area (Å²) < 4.78 is 3.29. The predicted octanol–water partition coefficient (Wildman–Crippen LogP) is 3.73. The van der Waals surface area contributed by atoms with E-state index in [1.807, 2.05) is 43.3 Å². The molecule has 7 nitrogen and oxygen atoms in total. The lowest BCUT2D eigenvalue weighted by molar-refractivity contribution is 0.0937. The molecule has 32 heavy (non-hydrogen) atoms. The van der Waals surface area contributed by atoms with Gasteiger partial charge in [0.15, 0.2) is 0 Å². The first-order chi connectivity index (χ1) is 15.5. The van der Waals surface area contributed by atoms with Crippen LogP contribution in [0.25, 0.3) is 16.7 Å². The van der Waals surface area contributed by atoms with Crippen LogP contribution in [-0.4, -0.2) is 19.9 Å². The summed E-state index contributed by atoms with van der Waals surface area (Å²) in [6.45, 7) is 1.91. The first-order valence-electron chi connectivity index (χ1n) is 11.0. The van der Waals surface area contributed by atoms with Gasteiger partial charge in [-0.15, -0.1) is 0 Å². The molecule has 5 rings (SSSR count). The van der Waals surface area contributed by atoms with Crippen LogP contribution in [0.4, 0.5) is 0 Å². The van der Waals surface area contributed by atoms with E-state index in [1.54, 1.807) is 22.9 Å². The van der Waals surface area contributed by atoms with Crippen molar-refractivity contribution in [2.45, 2.75) is 44.7 Å². The summed E-state index contributed by atoms with van der Waals surface area (Å²) in [7, 11) is 0. The summed E-state index contributed by atoms with van der Waals surface area (Å²) in [6.07, 6.45) is 5.62. The smallest absolute Gasteiger partial charge is 0.267 e. The van der Waals surface area contributed by atoms with E-state index in [0.717, 1.165) is 31.2 Å². The van der Waals surface area contributed by atoms with E-state index < -0.39 is 0 Å². The van der Waals surface area contributed by atoms with E-state index in [2.05, 4.69) is 5.32 Å². The fourth-order valence-electron chi connectivity index (χ4n) is 4.64. The topological polar surface area (TPSA) is 92.2 Å². The highest BCUT2D eigenvalue weighted by Crippen LogP contribution is 2.30. The molecule has 0 saturated heterocycles. The summed E-state index contributed by atoms with van der Waals surface area (Å²) in [4.78, 5) is 31.3. The first-order valence-corrected chi connectivity index (χ1v) is 11.0. The second-order valence-corrected chi connectivity index (χ2v) is 8.40. The van der Waals surface area contributed by atoms with Gasteiger partial charge in [0.05, 0.1) is 17.0 Å². The van der Waals surface area contributed by atoms with E-state index in [9.17, 15) is 9.59 Å². The fraction of sp³-hybridized carbons (Fsp3) is 0.280. The van der Waals surface area contributed by atoms with Gasteiger partial charge in [-0.3, -0.25) is 19.4 Å². The maximum Gasteiger partial charge on any atom is 0.267 e. The van der Waals surface area contributed by atoms with Crippen molar-refractivity contribution in [3.8, 4) is 0 Å². The van der Waals surface area contributed by atoms with Crippen LogP contribution in [0.5, 0.6) is 0 Å². The molecule has 1 fully saturated rings. The number of nitrogens with zero attached hydrogens (tertiary/aromatic N) is 3. The number of hydrogen-bond donors (Lipinski definition) is 2. The molecule has 4 aromatic rings. The van der Waals surface area contributed by atoms with Crippen LogP contribution < -0.4 is 16.4 Å². The monoisotopic (exact) mass is 427 g/mol. The second kappa shape index (κ2) is 8.07. The lowest BCUT2D eigenvalue weighted by Gasteiger charge is -2.20. The SMILES string of the molecule is CC(NC(=O)c1cc2c(=O)n3ccccc3nc2n(C2CCCC2)c1=N)c1ccccc1. The number of rotatable bonds is 4. The van der Waals surface area contributed by atoms with E-state index in [4.69, 9.17) is 10.4 Å². The molecule has 3 heterocycles. The Balaban J connectivity index is 1.69. The van der Waals surface area contributed by atoms with Crippen LogP contribution in [0, 0.1) is 5.41 Å². The molecule has 1 aromatic carbocycles. The Kier molecular flexibility index (Phi) is 5.09. The number of carbonyl (C=O) groups is 1. The molecule has 0 radical (unpaired) electrons. The van der Waals surface area contributed by atoms with Crippen molar-refractivity contribution in [2.24, 2.45) is 0 Å². The van der Waals surface area contributed by atoms with Crippen molar-refractivity contribution in [1.29, 1.82) is 5.41 Å². The number of fused-ring (bicyclic) bond motifs is 2. The summed E-state index contributed by atoms with van der Waals surface area (Å²) in [5, 5.41) is 12.3. The molecule has 2 N–H and O–H groups in total. The van der Waals surface area contributed by atoms with Crippen LogP contribution in [0.3, 0.4) is 0 Å². The van der Waals surface area contributed by atoms with Gasteiger partial charge in [-0.05, 0) is 43.5 Å². The van der Waals surface area contributed by atoms with Gasteiger partial charge in [0.1, 0.15) is 16.8 Å². The van der Waals surface area contributed by atoms with Gasteiger partial charge in [-0.25, -0.2) is 4.98 Å². The minimum Gasteiger partial charge on any atom is -0.345 e. The average Bonchev–Trinajstić information content (AvgIpc) is 3.34. The first kappa shape index (κ1) is 20.2. The molecule has 0 spiro atoms. The van der Waals surface area contributed by atoms with Crippen LogP contribution >= 0.6 is 0 Å². The number of pyridine rings is 2. The van der Waals surface area contributed by atoms with Crippen LogP contribution in [0.2, 0.25) is 0 Å². The average molecular weight is 428 g/mol. The third-order valence-corrected chi connectivity index (χ3v) is 6.34. The van der Waals surface area contributed by atoms with Crippen molar-refractivity contribution in [3.63, 3.8) is 0 Å². The Labute approximate surface area is 184 Å². The van der Waals surface area contributed by atoms with Gasteiger partial charge in [-0.2, -0.15) is 0 Å². The molecule has 0 bridgehead atoms. The van der Waals surface area contributed by atoms with Crippen LogP contribution in [0.15, 0.2) is 65.6 Å². The van der Waals surface area contributed by atoms with E-state index in [0.29, 0.717) is 16.7 Å². The fourth-order valence-corrected chi connectivity index (χ4v) is 4.64. The van der Waals surface area contributed by atoms with E-state index in [1.165, 1.54) is 10.5 Å². The van der Waals surface area contributed by atoms with Crippen molar-refractivity contribution >= 4 is 22.6 Å². The lowest BCUT2D eigenvalue weighted by atomic mass is 10.1. The molecule has 1 amide bonds. The van der Waals surface area contributed by atoms with Crippen molar-refractivity contribution in [1.82, 2.24) is 19.3 Å². The summed E-state index contributed by atoms with van der Waals surface area (Å²) in [5.41, 5.74) is 2.06. The Bertz CT molecular complexity index is 1430. The Morgan fingerprint density at radius 3 is 2.59 bits per heavy atom. The minimum atomic E-state index is -0.363. The zero-order chi connectivity index (χ0) is 22.2. The highest BCUT2D eigenvalue weighted by molar-refractivity contribution is 5.97. The number of carbonyl (C=O) groups excluding carboxylic acids is 1. The number of nitrogens with one attached hydrogen (secondary N) is 2. The summed E-state index contributed by atoms with van der Waals surface area (Å²) in [5.74, 6) is -0.363. The van der Waals surface area contributed by atoms with Gasteiger partial charge >= 0.3 is 0 Å². The lowest BCUT2D eigenvalue weighted by Crippen LogP contribution is -2.37. The van der Waals surface area contributed by atoms with Crippen molar-refractivity contribution in [3.05, 3.63) is 87.8 Å². The van der Waals surface area contributed by atoms with E-state index in [-0.39, 0.29) is 34.6 Å². The minimum absolute atomic E-state index is 0.0577. The van der Waals surface area contributed by atoms with Crippen molar-refractivity contribution < 1.29 is 4.79 Å². The molecular formula is C25H25N5O2. The molecule has 1 aliphatic carbocycles. The molecule has 1 unspecified atom stereocenters. The number of aromatic nitrogens is 3. The van der Waals surface area contributed by atoms with Crippen LogP contribution in [0.1, 0.15) is 60.6 Å². The maximum atomic E-state index is 13.3. The van der Waals surface area contributed by atoms with Gasteiger partial charge in [0.25, 0.3) is 11.5 Å². The predicted molar refractivity (Wildman–Crippen MR) is 123 cm³/mol. The molecule has 1 aliphatic rings. The Hall–Kier alpha value is -3.74. The standard InChI is InChI=1S/C25H25N5O2/c1-16(17-9-3-2-4-10-17)27-24(31)19-15-20-23(30(22(19)26)18-11-5-6-12-18)28-21-13-7-8-14-29(21)25(20)32/h2-4,7-10,13-16,18,26H,5-6,11-12H2,1H3,(H,27,31). The summed E-state index contributed by atoms with van der Waals surface area (Å²) >= 11 is 0. The number of benzene rings is 1. The number of hydrogen-bond acceptors (Lipinski definition) is 4. The van der Waals surface area contributed by atoms with Crippen molar-refractivity contribution in [2.75, 3.05) is 0 Å². The molecule has 0 aliphatic heterocycles. The maximum absolute atomic E-state index is 13.3. The zero-order valence-electron chi connectivity index (χ0n) is 17.9. The molecule has 162 valence electrons. The quantitative estimate of drug-likeness (QED) is 0.486. The summed E-state index contributed by atoms with van der Waals surface area (Å²) in [6, 6.07) is 16.4. The molecule has 3 aromatic heterocycles. The highest BCUT2D eigenvalue weighted by Gasteiger charge is 2.25. The number of amides is 1. The third kappa shape index (κ3) is 3.39. The molecule has 1 atom stereocenters. The van der Waals surface area contributed by atoms with Gasteiger partial charge in [-0.1, -0.05) is 49.2 Å². The van der Waals surface area contributed by atoms with E-state index >= 15 is 0 Å². The zero-order valence-corrected chi connectivity index (χ0v) is 17.9. The Morgan fingerprint density at radius 1 is 1.12 bits per heavy atom. The van der Waals surface area contributed by atoms with Crippen LogP contribution in [-0.2, 0) is 0 Å². The van der Waals surface area contributed by atoms with Gasteiger partial charge in [0, 0.05) is 12.2 Å². The third-order valence-electron chi connectivity index (χ3n) is 6.34.